The third-order valence-electron chi connectivity index (χ3n) is 4.65. The summed E-state index contributed by atoms with van der Waals surface area (Å²) in [5.41, 5.74) is 5.06. The second-order valence-corrected chi connectivity index (χ2v) is 9.66. The number of halogens is 2. The van der Waals surface area contributed by atoms with Crippen LogP contribution in [0.5, 0.6) is 5.75 Å². The van der Waals surface area contributed by atoms with Crippen LogP contribution in [0.25, 0.3) is 17.2 Å². The fourth-order valence-electron chi connectivity index (χ4n) is 3.12. The first-order valence-corrected chi connectivity index (χ1v) is 12.0. The van der Waals surface area contributed by atoms with Crippen LogP contribution in [0.15, 0.2) is 89.6 Å². The van der Waals surface area contributed by atoms with Crippen molar-refractivity contribution in [2.45, 2.75) is 6.92 Å². The normalized spacial score (nSPS) is 14.3. The number of carbonyl (C=O) groups is 1. The Morgan fingerprint density at radius 2 is 1.59 bits per heavy atom. The summed E-state index contributed by atoms with van der Waals surface area (Å²) in [7, 11) is 0. The Hall–Kier alpha value is -2.46. The molecule has 1 heterocycles. The van der Waals surface area contributed by atoms with Crippen molar-refractivity contribution < 1.29 is 14.3 Å². The Labute approximate surface area is 214 Å². The number of hydrogen-bond acceptors (Lipinski definition) is 4. The first kappa shape index (κ1) is 22.7. The maximum absolute atomic E-state index is 12.4. The van der Waals surface area contributed by atoms with Gasteiger partial charge in [-0.05, 0) is 105 Å². The van der Waals surface area contributed by atoms with Crippen molar-refractivity contribution in [3.8, 4) is 16.9 Å². The minimum atomic E-state index is -0.459. The minimum Gasteiger partial charge on any atom is -0.487 e. The van der Waals surface area contributed by atoms with Gasteiger partial charge >= 0.3 is 5.97 Å². The van der Waals surface area contributed by atoms with E-state index >= 15 is 0 Å². The van der Waals surface area contributed by atoms with E-state index in [1.165, 1.54) is 0 Å². The van der Waals surface area contributed by atoms with Crippen molar-refractivity contribution in [1.29, 1.82) is 0 Å². The summed E-state index contributed by atoms with van der Waals surface area (Å²) >= 11 is 4.46. The summed E-state index contributed by atoms with van der Waals surface area (Å²) in [4.78, 5) is 16.9. The van der Waals surface area contributed by atoms with E-state index in [1.807, 2.05) is 61.5 Å². The second kappa shape index (κ2) is 9.99. The van der Waals surface area contributed by atoms with E-state index in [2.05, 4.69) is 68.9 Å². The highest BCUT2D eigenvalue weighted by atomic mass is 127. The van der Waals surface area contributed by atoms with Gasteiger partial charge in [0.05, 0.1) is 7.14 Å². The van der Waals surface area contributed by atoms with Crippen LogP contribution in [0.4, 0.5) is 0 Å². The average molecular weight is 647 g/mol. The highest BCUT2D eigenvalue weighted by molar-refractivity contribution is 14.1. The van der Waals surface area contributed by atoms with Crippen molar-refractivity contribution in [1.82, 2.24) is 0 Å². The van der Waals surface area contributed by atoms with E-state index in [-0.39, 0.29) is 5.70 Å². The van der Waals surface area contributed by atoms with Crippen molar-refractivity contribution in [3.63, 3.8) is 0 Å². The van der Waals surface area contributed by atoms with Gasteiger partial charge < -0.3 is 9.47 Å². The molecule has 3 aromatic carbocycles. The molecule has 0 N–H and O–H groups in total. The molecular weight excluding hydrogens is 628 g/mol. The van der Waals surface area contributed by atoms with Crippen LogP contribution < -0.4 is 4.74 Å². The Bertz CT molecular complexity index is 1220. The van der Waals surface area contributed by atoms with Gasteiger partial charge in [0.2, 0.25) is 5.90 Å². The highest BCUT2D eigenvalue weighted by Crippen LogP contribution is 2.31. The molecule has 3 aromatic rings. The molecule has 0 aliphatic carbocycles. The lowest BCUT2D eigenvalue weighted by Crippen LogP contribution is -2.05. The average Bonchev–Trinajstić information content (AvgIpc) is 3.14. The quantitative estimate of drug-likeness (QED) is 0.127. The Morgan fingerprint density at radius 3 is 2.22 bits per heavy atom. The first-order chi connectivity index (χ1) is 15.4. The Kier molecular flexibility index (Phi) is 7.10. The predicted octanol–water partition coefficient (Wildman–Crippen LogP) is 6.86. The number of benzene rings is 3. The maximum Gasteiger partial charge on any atom is 0.363 e. The molecule has 1 aliphatic heterocycles. The van der Waals surface area contributed by atoms with E-state index in [4.69, 9.17) is 9.47 Å². The molecule has 160 valence electrons. The molecule has 4 nitrogen and oxygen atoms in total. The van der Waals surface area contributed by atoms with Gasteiger partial charge in [0.15, 0.2) is 5.70 Å². The minimum absolute atomic E-state index is 0.273. The SMILES string of the molecule is C=C(C)COc1c(I)cc(/C=C2\N=C(c3ccc(-c4ccccc4)cc3)OC2=O)cc1I. The van der Waals surface area contributed by atoms with Crippen molar-refractivity contribution in [3.05, 3.63) is 103 Å². The van der Waals surface area contributed by atoms with Crippen LogP contribution in [-0.2, 0) is 9.53 Å². The van der Waals surface area contributed by atoms with Crippen LogP contribution >= 0.6 is 45.2 Å². The standard InChI is InChI=1S/C26H19I2NO3/c1-16(2)15-31-24-21(27)12-17(13-22(24)28)14-23-26(30)32-25(29-23)20-10-8-19(9-11-20)18-6-4-3-5-7-18/h3-14H,1,15H2,2H3/b23-14-. The van der Waals surface area contributed by atoms with Gasteiger partial charge in [0.1, 0.15) is 12.4 Å². The molecule has 0 spiro atoms. The molecule has 0 atom stereocenters. The first-order valence-electron chi connectivity index (χ1n) is 9.85. The van der Waals surface area contributed by atoms with Crippen molar-refractivity contribution in [2.75, 3.05) is 6.61 Å². The summed E-state index contributed by atoms with van der Waals surface area (Å²) in [5.74, 6) is 0.666. The molecule has 0 radical (unpaired) electrons. The lowest BCUT2D eigenvalue weighted by Gasteiger charge is -2.11. The van der Waals surface area contributed by atoms with Crippen LogP contribution in [0.1, 0.15) is 18.1 Å². The lowest BCUT2D eigenvalue weighted by molar-refractivity contribution is -0.129. The van der Waals surface area contributed by atoms with E-state index < -0.39 is 5.97 Å². The third kappa shape index (κ3) is 5.29. The molecule has 0 fully saturated rings. The van der Waals surface area contributed by atoms with Crippen LogP contribution in [0.3, 0.4) is 0 Å². The smallest absolute Gasteiger partial charge is 0.363 e. The molecule has 6 heteroatoms. The molecule has 1 aliphatic rings. The lowest BCUT2D eigenvalue weighted by atomic mass is 10.0. The van der Waals surface area contributed by atoms with Gasteiger partial charge in [-0.3, -0.25) is 0 Å². The molecule has 0 unspecified atom stereocenters. The third-order valence-corrected chi connectivity index (χ3v) is 6.25. The molecule has 0 bridgehead atoms. The van der Waals surface area contributed by atoms with Crippen molar-refractivity contribution in [2.24, 2.45) is 4.99 Å². The molecular formula is C26H19I2NO3. The van der Waals surface area contributed by atoms with Gasteiger partial charge in [-0.25, -0.2) is 9.79 Å². The van der Waals surface area contributed by atoms with Crippen LogP contribution in [-0.4, -0.2) is 18.5 Å². The van der Waals surface area contributed by atoms with E-state index in [0.717, 1.165) is 40.7 Å². The molecule has 0 saturated heterocycles. The number of cyclic esters (lactones) is 1. The van der Waals surface area contributed by atoms with Gasteiger partial charge in [0.25, 0.3) is 0 Å². The number of nitrogens with zero attached hydrogens (tertiary/aromatic N) is 1. The Balaban J connectivity index is 1.57. The van der Waals surface area contributed by atoms with Crippen LogP contribution in [0.2, 0.25) is 0 Å². The summed E-state index contributed by atoms with van der Waals surface area (Å²) < 4.78 is 13.2. The second-order valence-electron chi connectivity index (χ2n) is 7.34. The maximum atomic E-state index is 12.4. The number of hydrogen-bond donors (Lipinski definition) is 0. The molecule has 4 rings (SSSR count). The number of aliphatic imine (C=N–C) groups is 1. The van der Waals surface area contributed by atoms with E-state index in [0.29, 0.717) is 12.5 Å². The number of rotatable bonds is 6. The summed E-state index contributed by atoms with van der Waals surface area (Å²) in [6.45, 7) is 6.26. The fraction of sp³-hybridized carbons (Fsp3) is 0.0769. The van der Waals surface area contributed by atoms with Gasteiger partial charge in [-0.2, -0.15) is 0 Å². The highest BCUT2D eigenvalue weighted by Gasteiger charge is 2.24. The summed E-state index contributed by atoms with van der Waals surface area (Å²) in [6.07, 6.45) is 1.74. The largest absolute Gasteiger partial charge is 0.487 e. The zero-order valence-electron chi connectivity index (χ0n) is 17.3. The topological polar surface area (TPSA) is 47.9 Å². The monoisotopic (exact) mass is 647 g/mol. The predicted molar refractivity (Wildman–Crippen MR) is 145 cm³/mol. The van der Waals surface area contributed by atoms with E-state index in [1.54, 1.807) is 6.08 Å². The molecule has 0 amide bonds. The van der Waals surface area contributed by atoms with Gasteiger partial charge in [-0.1, -0.05) is 49.0 Å². The molecule has 32 heavy (non-hydrogen) atoms. The fourth-order valence-corrected chi connectivity index (χ4v) is 5.25. The van der Waals surface area contributed by atoms with E-state index in [9.17, 15) is 4.79 Å². The zero-order chi connectivity index (χ0) is 22.7. The number of esters is 1. The Morgan fingerprint density at radius 1 is 1.00 bits per heavy atom. The van der Waals surface area contributed by atoms with Gasteiger partial charge in [0, 0.05) is 5.56 Å². The summed E-state index contributed by atoms with van der Waals surface area (Å²) in [6, 6.07) is 21.8. The number of carbonyl (C=O) groups excluding carboxylic acids is 1. The molecule has 0 saturated carbocycles. The van der Waals surface area contributed by atoms with Crippen LogP contribution in [0, 0.1) is 7.14 Å². The van der Waals surface area contributed by atoms with Crippen molar-refractivity contribution >= 4 is 63.1 Å². The van der Waals surface area contributed by atoms with Gasteiger partial charge in [-0.15, -0.1) is 0 Å². The summed E-state index contributed by atoms with van der Waals surface area (Å²) in [5, 5.41) is 0. The zero-order valence-corrected chi connectivity index (χ0v) is 21.6. The number of ether oxygens (including phenoxy) is 2. The molecule has 0 aromatic heterocycles.